The summed E-state index contributed by atoms with van der Waals surface area (Å²) in [6, 6.07) is 6.75. The van der Waals surface area contributed by atoms with Crippen LogP contribution in [0.15, 0.2) is 24.3 Å². The Kier molecular flexibility index (Phi) is 6.36. The number of benzene rings is 1. The number of carbonyl (C=O) groups excluding carboxylic acids is 2. The van der Waals surface area contributed by atoms with Crippen LogP contribution in [0.3, 0.4) is 0 Å². The highest BCUT2D eigenvalue weighted by molar-refractivity contribution is 5.94. The van der Waals surface area contributed by atoms with E-state index in [1.54, 1.807) is 38.4 Å². The van der Waals surface area contributed by atoms with E-state index in [0.717, 1.165) is 5.75 Å². The zero-order chi connectivity index (χ0) is 15.0. The summed E-state index contributed by atoms with van der Waals surface area (Å²) in [5, 5.41) is 5.40. The third-order valence-corrected chi connectivity index (χ3v) is 2.52. The highest BCUT2D eigenvalue weighted by Crippen LogP contribution is 2.11. The second-order valence-electron chi connectivity index (χ2n) is 4.34. The van der Waals surface area contributed by atoms with Crippen molar-refractivity contribution in [1.82, 2.24) is 15.5 Å². The monoisotopic (exact) mass is 279 g/mol. The van der Waals surface area contributed by atoms with Gasteiger partial charge in [-0.1, -0.05) is 0 Å². The van der Waals surface area contributed by atoms with Crippen LogP contribution >= 0.6 is 0 Å². The first kappa shape index (κ1) is 15.8. The van der Waals surface area contributed by atoms with Crippen LogP contribution in [0.25, 0.3) is 0 Å². The topological polar surface area (TPSA) is 70.7 Å². The molecule has 0 atom stereocenters. The number of amides is 3. The third kappa shape index (κ3) is 5.17. The Hall–Kier alpha value is -2.24. The SMILES string of the molecule is CCOc1ccc(C(=O)NCCNC(=O)N(C)C)cc1. The molecular weight excluding hydrogens is 258 g/mol. The molecule has 6 heteroatoms. The average molecular weight is 279 g/mol. The molecule has 1 aromatic carbocycles. The van der Waals surface area contributed by atoms with Crippen molar-refractivity contribution in [3.8, 4) is 5.75 Å². The van der Waals surface area contributed by atoms with Crippen LogP contribution in [-0.2, 0) is 0 Å². The van der Waals surface area contributed by atoms with Gasteiger partial charge >= 0.3 is 6.03 Å². The third-order valence-electron chi connectivity index (χ3n) is 2.52. The van der Waals surface area contributed by atoms with Crippen LogP contribution in [0.2, 0.25) is 0 Å². The van der Waals surface area contributed by atoms with Crippen molar-refractivity contribution in [2.45, 2.75) is 6.92 Å². The van der Waals surface area contributed by atoms with E-state index >= 15 is 0 Å². The zero-order valence-corrected chi connectivity index (χ0v) is 12.1. The Morgan fingerprint density at radius 3 is 2.25 bits per heavy atom. The van der Waals surface area contributed by atoms with Gasteiger partial charge in [0.25, 0.3) is 5.91 Å². The van der Waals surface area contributed by atoms with E-state index in [2.05, 4.69) is 10.6 Å². The largest absolute Gasteiger partial charge is 0.494 e. The Morgan fingerprint density at radius 1 is 1.10 bits per heavy atom. The second-order valence-corrected chi connectivity index (χ2v) is 4.34. The molecule has 0 unspecified atom stereocenters. The number of hydrogen-bond acceptors (Lipinski definition) is 3. The van der Waals surface area contributed by atoms with E-state index in [1.807, 2.05) is 6.92 Å². The van der Waals surface area contributed by atoms with Gasteiger partial charge in [0.2, 0.25) is 0 Å². The molecule has 6 nitrogen and oxygen atoms in total. The summed E-state index contributed by atoms with van der Waals surface area (Å²) >= 11 is 0. The van der Waals surface area contributed by atoms with Crippen molar-refractivity contribution in [2.75, 3.05) is 33.8 Å². The molecular formula is C14H21N3O3. The molecule has 0 aliphatic rings. The van der Waals surface area contributed by atoms with Gasteiger partial charge in [0, 0.05) is 32.7 Å². The minimum Gasteiger partial charge on any atom is -0.494 e. The van der Waals surface area contributed by atoms with Gasteiger partial charge in [-0.3, -0.25) is 4.79 Å². The maximum atomic E-state index is 11.8. The summed E-state index contributed by atoms with van der Waals surface area (Å²) in [5.74, 6) is 0.564. The molecule has 0 saturated heterocycles. The number of urea groups is 1. The predicted molar refractivity (Wildman–Crippen MR) is 77.0 cm³/mol. The molecule has 0 heterocycles. The van der Waals surface area contributed by atoms with Gasteiger partial charge in [0.15, 0.2) is 0 Å². The lowest BCUT2D eigenvalue weighted by Gasteiger charge is -2.12. The maximum absolute atomic E-state index is 11.8. The Morgan fingerprint density at radius 2 is 1.70 bits per heavy atom. The van der Waals surface area contributed by atoms with E-state index < -0.39 is 0 Å². The van der Waals surface area contributed by atoms with Crippen LogP contribution in [0.5, 0.6) is 5.75 Å². The van der Waals surface area contributed by atoms with Crippen molar-refractivity contribution >= 4 is 11.9 Å². The minimum atomic E-state index is -0.180. The number of nitrogens with zero attached hydrogens (tertiary/aromatic N) is 1. The van der Waals surface area contributed by atoms with Crippen LogP contribution in [0.4, 0.5) is 4.79 Å². The van der Waals surface area contributed by atoms with Gasteiger partial charge < -0.3 is 20.3 Å². The quantitative estimate of drug-likeness (QED) is 0.766. The van der Waals surface area contributed by atoms with Gasteiger partial charge in [-0.05, 0) is 31.2 Å². The molecule has 0 radical (unpaired) electrons. The molecule has 0 spiro atoms. The van der Waals surface area contributed by atoms with Crippen LogP contribution in [0, 0.1) is 0 Å². The van der Waals surface area contributed by atoms with Gasteiger partial charge in [-0.25, -0.2) is 4.79 Å². The van der Waals surface area contributed by atoms with E-state index in [4.69, 9.17) is 4.74 Å². The molecule has 20 heavy (non-hydrogen) atoms. The molecule has 2 N–H and O–H groups in total. The van der Waals surface area contributed by atoms with Gasteiger partial charge in [0.05, 0.1) is 6.61 Å². The molecule has 0 bridgehead atoms. The fourth-order valence-corrected chi connectivity index (χ4v) is 1.47. The lowest BCUT2D eigenvalue weighted by atomic mass is 10.2. The fourth-order valence-electron chi connectivity index (χ4n) is 1.47. The van der Waals surface area contributed by atoms with Crippen molar-refractivity contribution in [2.24, 2.45) is 0 Å². The van der Waals surface area contributed by atoms with E-state index in [1.165, 1.54) is 4.90 Å². The molecule has 3 amide bonds. The van der Waals surface area contributed by atoms with Gasteiger partial charge in [-0.2, -0.15) is 0 Å². The first-order valence-corrected chi connectivity index (χ1v) is 6.50. The van der Waals surface area contributed by atoms with Crippen molar-refractivity contribution < 1.29 is 14.3 Å². The minimum absolute atomic E-state index is 0.174. The van der Waals surface area contributed by atoms with Crippen LogP contribution in [0.1, 0.15) is 17.3 Å². The average Bonchev–Trinajstić information content (AvgIpc) is 2.44. The summed E-state index contributed by atoms with van der Waals surface area (Å²) in [5.41, 5.74) is 0.562. The van der Waals surface area contributed by atoms with E-state index in [0.29, 0.717) is 25.3 Å². The molecule has 0 saturated carbocycles. The highest BCUT2D eigenvalue weighted by Gasteiger charge is 2.06. The lowest BCUT2D eigenvalue weighted by molar-refractivity contribution is 0.0953. The summed E-state index contributed by atoms with van der Waals surface area (Å²) in [6.45, 7) is 3.27. The maximum Gasteiger partial charge on any atom is 0.316 e. The van der Waals surface area contributed by atoms with Gasteiger partial charge in [0.1, 0.15) is 5.75 Å². The smallest absolute Gasteiger partial charge is 0.316 e. The van der Waals surface area contributed by atoms with Gasteiger partial charge in [-0.15, -0.1) is 0 Å². The first-order valence-electron chi connectivity index (χ1n) is 6.50. The summed E-state index contributed by atoms with van der Waals surface area (Å²) in [7, 11) is 3.32. The molecule has 110 valence electrons. The van der Waals surface area contributed by atoms with Crippen LogP contribution < -0.4 is 15.4 Å². The molecule has 0 fully saturated rings. The fraction of sp³-hybridized carbons (Fsp3) is 0.429. The molecule has 1 rings (SSSR count). The summed E-state index contributed by atoms with van der Waals surface area (Å²) < 4.78 is 5.30. The standard InChI is InChI=1S/C14H21N3O3/c1-4-20-12-7-5-11(6-8-12)13(18)15-9-10-16-14(19)17(2)3/h5-8H,4,9-10H2,1-3H3,(H,15,18)(H,16,19). The normalized spacial score (nSPS) is 9.75. The number of carbonyl (C=O) groups is 2. The lowest BCUT2D eigenvalue weighted by Crippen LogP contribution is -2.39. The van der Waals surface area contributed by atoms with Crippen molar-refractivity contribution in [3.05, 3.63) is 29.8 Å². The molecule has 0 aromatic heterocycles. The number of rotatable bonds is 6. The first-order chi connectivity index (χ1) is 9.54. The second kappa shape index (κ2) is 8.04. The van der Waals surface area contributed by atoms with E-state index in [9.17, 15) is 9.59 Å². The number of nitrogens with one attached hydrogen (secondary N) is 2. The number of hydrogen-bond donors (Lipinski definition) is 2. The highest BCUT2D eigenvalue weighted by atomic mass is 16.5. The Bertz CT molecular complexity index is 443. The molecule has 0 aliphatic carbocycles. The van der Waals surface area contributed by atoms with Crippen LogP contribution in [-0.4, -0.2) is 50.6 Å². The molecule has 0 aliphatic heterocycles. The predicted octanol–water partition coefficient (Wildman–Crippen LogP) is 1.09. The van der Waals surface area contributed by atoms with E-state index in [-0.39, 0.29) is 11.9 Å². The molecule has 1 aromatic rings. The van der Waals surface area contributed by atoms with Crippen molar-refractivity contribution in [1.29, 1.82) is 0 Å². The zero-order valence-electron chi connectivity index (χ0n) is 12.1. The Labute approximate surface area is 119 Å². The summed E-state index contributed by atoms with van der Waals surface area (Å²) in [4.78, 5) is 24.5. The van der Waals surface area contributed by atoms with Crippen molar-refractivity contribution in [3.63, 3.8) is 0 Å². The Balaban J connectivity index is 2.34. The summed E-state index contributed by atoms with van der Waals surface area (Å²) in [6.07, 6.45) is 0. The number of ether oxygens (including phenoxy) is 1.